The molecular formula is C60H30. The Bertz CT molecular complexity index is 4400. The quantitative estimate of drug-likeness (QED) is 0.350. The first-order valence-corrected chi connectivity index (χ1v) is 29.9. The average Bonchev–Trinajstić information content (AvgIpc) is 3.10. The lowest BCUT2D eigenvalue weighted by Gasteiger charge is -3.72. The van der Waals surface area contributed by atoms with E-state index >= 15 is 0 Å². The molecule has 33 spiro atoms. The summed E-state index contributed by atoms with van der Waals surface area (Å²) in [5.41, 5.74) is 37.8. The van der Waals surface area contributed by atoms with Crippen LogP contribution in [0.5, 0.6) is 0 Å². The zero-order valence-electron chi connectivity index (χ0n) is 32.5. The Morgan fingerprint density at radius 1 is 0.183 bits per heavy atom. The molecule has 0 bridgehead atoms. The summed E-state index contributed by atoms with van der Waals surface area (Å²) in [6, 6.07) is 0. The molecule has 0 aromatic heterocycles. The summed E-state index contributed by atoms with van der Waals surface area (Å²) in [4.78, 5) is 0. The first-order valence-electron chi connectivity index (χ1n) is 29.9. The molecule has 0 amide bonds. The molecule has 57 atom stereocenters. The fraction of sp³-hybridized carbons (Fsp3) is 1.00. The normalized spacial score (nSPS) is 150. The van der Waals surface area contributed by atoms with Crippen LogP contribution in [0, 0.1) is 321 Å². The van der Waals surface area contributed by atoms with E-state index in [2.05, 4.69) is 0 Å². The second-order valence-corrected chi connectivity index (χ2v) is 40.0. The van der Waals surface area contributed by atoms with E-state index < -0.39 is 0 Å². The summed E-state index contributed by atoms with van der Waals surface area (Å²) in [7, 11) is 0. The van der Waals surface area contributed by atoms with E-state index in [-0.39, 0.29) is 0 Å². The average molecular weight is 751 g/mol. The van der Waals surface area contributed by atoms with Crippen LogP contribution in [-0.2, 0) is 0 Å². The SMILES string of the molecule is C1C2C3C4C5C6C7C8C9C%10C%11C6%12C6C%13CC%14C%15C%16C%17CC%18C%19C%20C%21C%22C%23C%24C1C21C32C43C57C84C95C%107C%118C%129C6%10C%14%13C%156C%16%11C%17%18C%19%12C%20%13C%21%14C%22%15C%23%16C%241C21C34C52C%161C%151C72C82C%141C%131C%11%12C6%10C912. The molecular weight excluding hydrogens is 721 g/mol. The fourth-order valence-electron chi connectivity index (χ4n) is 71.5. The molecule has 46 saturated carbocycles. The predicted octanol–water partition coefficient (Wildman–Crippen LogP) is 4.12. The highest BCUT2D eigenvalue weighted by atomic mass is 15.8. The van der Waals surface area contributed by atoms with Gasteiger partial charge in [-0.05, 0) is 340 Å². The second-order valence-electron chi connectivity index (χ2n) is 40.0. The molecule has 60 heavy (non-hydrogen) atoms. The second kappa shape index (κ2) is 2.66. The van der Waals surface area contributed by atoms with Crippen LogP contribution < -0.4 is 0 Å². The molecule has 46 fully saturated rings. The van der Waals surface area contributed by atoms with E-state index in [1.165, 1.54) is 175 Å². The first kappa shape index (κ1) is 18.9. The van der Waals surface area contributed by atoms with Gasteiger partial charge < -0.3 is 0 Å². The van der Waals surface area contributed by atoms with Crippen LogP contribution in [0.15, 0.2) is 0 Å². The molecule has 0 radical (unpaired) electrons. The van der Waals surface area contributed by atoms with Crippen molar-refractivity contribution in [1.82, 2.24) is 0 Å². The Morgan fingerprint density at radius 3 is 1.15 bits per heavy atom. The van der Waals surface area contributed by atoms with E-state index in [0.717, 1.165) is 146 Å². The summed E-state index contributed by atoms with van der Waals surface area (Å²) in [6.45, 7) is 0. The summed E-state index contributed by atoms with van der Waals surface area (Å²) in [5, 5.41) is 0. The van der Waals surface area contributed by atoms with Crippen LogP contribution in [0.1, 0.15) is 19.3 Å². The number of hydrogen-bond acceptors (Lipinski definition) is 0. The molecule has 0 nitrogen and oxygen atoms in total. The molecule has 57 unspecified atom stereocenters. The van der Waals surface area contributed by atoms with Crippen molar-refractivity contribution < 1.29 is 0 Å². The van der Waals surface area contributed by atoms with Crippen LogP contribution in [-0.4, -0.2) is 0 Å². The number of hydrogen-bond donors (Lipinski definition) is 0. The van der Waals surface area contributed by atoms with Gasteiger partial charge in [-0.25, -0.2) is 0 Å². The van der Waals surface area contributed by atoms with Crippen molar-refractivity contribution in [2.24, 2.45) is 321 Å². The third-order valence-corrected chi connectivity index (χ3v) is 54.8. The van der Waals surface area contributed by atoms with Crippen molar-refractivity contribution >= 4 is 0 Å². The number of rotatable bonds is 0. The van der Waals surface area contributed by atoms with Crippen molar-refractivity contribution in [3.63, 3.8) is 0 Å². The van der Waals surface area contributed by atoms with Gasteiger partial charge >= 0.3 is 0 Å². The third kappa shape index (κ3) is 0.359. The Hall–Kier alpha value is 0. The van der Waals surface area contributed by atoms with E-state index in [1.54, 1.807) is 0 Å². The molecule has 0 aliphatic heterocycles. The molecule has 46 aliphatic rings. The fourth-order valence-corrected chi connectivity index (χ4v) is 71.5. The Balaban J connectivity index is 0.826. The molecule has 46 aliphatic carbocycles. The van der Waals surface area contributed by atoms with Crippen LogP contribution in [0.3, 0.4) is 0 Å². The van der Waals surface area contributed by atoms with E-state index in [1.807, 2.05) is 19.3 Å². The van der Waals surface area contributed by atoms with Gasteiger partial charge in [0.05, 0.1) is 0 Å². The van der Waals surface area contributed by atoms with Crippen LogP contribution >= 0.6 is 0 Å². The van der Waals surface area contributed by atoms with Gasteiger partial charge in [0.2, 0.25) is 0 Å². The highest BCUT2D eigenvalue weighted by Gasteiger charge is 3.77. The Kier molecular flexibility index (Phi) is 0.841. The predicted molar refractivity (Wildman–Crippen MR) is 178 cm³/mol. The summed E-state index contributed by atoms with van der Waals surface area (Å²) in [6.07, 6.45) is 5.67. The standard InChI is InChI=1S/C60H30/c1-4-10-11-8-3-9-26-28-15-16-18-12-5-2-7-13-19-22-23-20-14-6(1)29(4)33(10)34(11)31(8,9)46(26)48(28)47-27(28)25-24-21-17(15)32(16)38(18)35(12)30(5,7)36(13)40(19)43(22)44(23)41(20)37(14,29)50(33)52(34,46)60(48)55(41,50)57(44)56(43)53(40)49(35,36)51(38)39(21,32)42(24)45(25,47)58(56,54(42,51)53)59(47,57)60/h4-27H,1-3H2. The van der Waals surface area contributed by atoms with E-state index in [4.69, 9.17) is 0 Å². The maximum Gasteiger partial charge on any atom is -0.000104 e. The van der Waals surface area contributed by atoms with Crippen molar-refractivity contribution in [2.45, 2.75) is 19.3 Å². The minimum absolute atomic E-state index is 1.09. The first-order chi connectivity index (χ1) is 29.9. The third-order valence-electron chi connectivity index (χ3n) is 54.8. The summed E-state index contributed by atoms with van der Waals surface area (Å²) < 4.78 is 0. The van der Waals surface area contributed by atoms with Crippen molar-refractivity contribution in [2.75, 3.05) is 0 Å². The molecule has 0 heterocycles. The maximum absolute atomic E-state index is 1.91. The smallest absolute Gasteiger partial charge is 0.000104 e. The lowest BCUT2D eigenvalue weighted by atomic mass is 8.30. The van der Waals surface area contributed by atoms with Crippen LogP contribution in [0.25, 0.3) is 0 Å². The molecule has 0 heteroatoms. The molecule has 46 rings (SSSR count). The van der Waals surface area contributed by atoms with Crippen molar-refractivity contribution in [1.29, 1.82) is 0 Å². The molecule has 0 N–H and O–H groups in total. The van der Waals surface area contributed by atoms with Crippen LogP contribution in [0.4, 0.5) is 0 Å². The largest absolute Gasteiger partial charge is 0.0458 e. The van der Waals surface area contributed by atoms with E-state index in [0.29, 0.717) is 0 Å². The van der Waals surface area contributed by atoms with Gasteiger partial charge in [-0.1, -0.05) is 0 Å². The maximum atomic E-state index is 1.91. The minimum atomic E-state index is 1.09. The van der Waals surface area contributed by atoms with Gasteiger partial charge in [0.15, 0.2) is 0 Å². The summed E-state index contributed by atoms with van der Waals surface area (Å²) in [5.74, 6) is 34.3. The summed E-state index contributed by atoms with van der Waals surface area (Å²) >= 11 is 0. The van der Waals surface area contributed by atoms with Gasteiger partial charge in [-0.2, -0.15) is 0 Å². The molecule has 0 saturated heterocycles. The topological polar surface area (TPSA) is 0 Å². The highest BCUT2D eigenvalue weighted by molar-refractivity contribution is 6.21. The zero-order valence-corrected chi connectivity index (χ0v) is 32.5. The van der Waals surface area contributed by atoms with Gasteiger partial charge in [0.1, 0.15) is 0 Å². The monoisotopic (exact) mass is 750 g/mol. The Labute approximate surface area is 338 Å². The van der Waals surface area contributed by atoms with Crippen LogP contribution in [0.2, 0.25) is 0 Å². The van der Waals surface area contributed by atoms with Crippen molar-refractivity contribution in [3.8, 4) is 0 Å². The van der Waals surface area contributed by atoms with Gasteiger partial charge in [-0.15, -0.1) is 0 Å². The molecule has 0 aromatic carbocycles. The molecule has 270 valence electrons. The van der Waals surface area contributed by atoms with Gasteiger partial charge in [0.25, 0.3) is 0 Å². The number of fused-ring (bicyclic) bond motifs is 15. The van der Waals surface area contributed by atoms with Gasteiger partial charge in [-0.3, -0.25) is 0 Å². The Morgan fingerprint density at radius 2 is 0.533 bits per heavy atom. The van der Waals surface area contributed by atoms with Gasteiger partial charge in [0, 0.05) is 0 Å². The molecule has 0 aromatic rings. The lowest BCUT2D eigenvalue weighted by molar-refractivity contribution is -1.28. The lowest BCUT2D eigenvalue weighted by Crippen LogP contribution is -3.72. The van der Waals surface area contributed by atoms with E-state index in [9.17, 15) is 0 Å². The highest BCUT2D eigenvalue weighted by Crippen LogP contribution is 3.78. The zero-order chi connectivity index (χ0) is 32.5. The minimum Gasteiger partial charge on any atom is -0.0458 e. The van der Waals surface area contributed by atoms with Crippen molar-refractivity contribution in [3.05, 3.63) is 0 Å².